The minimum Gasteiger partial charge on any atom is -0.375 e. The SMILES string of the molecule is O=C1Nc2ccc(F)cc2C1(O)Cc1ccccn1. The number of rotatable bonds is 2. The Labute approximate surface area is 108 Å². The van der Waals surface area contributed by atoms with Crippen molar-refractivity contribution in [1.82, 2.24) is 4.98 Å². The van der Waals surface area contributed by atoms with Crippen molar-refractivity contribution in [2.45, 2.75) is 12.0 Å². The quantitative estimate of drug-likeness (QED) is 0.860. The molecule has 1 aliphatic rings. The van der Waals surface area contributed by atoms with Crippen molar-refractivity contribution < 1.29 is 14.3 Å². The van der Waals surface area contributed by atoms with Gasteiger partial charge in [0.25, 0.3) is 5.91 Å². The van der Waals surface area contributed by atoms with Crippen molar-refractivity contribution >= 4 is 11.6 Å². The minimum absolute atomic E-state index is 0.0100. The first-order valence-electron chi connectivity index (χ1n) is 5.83. The van der Waals surface area contributed by atoms with Gasteiger partial charge in [-0.2, -0.15) is 0 Å². The summed E-state index contributed by atoms with van der Waals surface area (Å²) >= 11 is 0. The van der Waals surface area contributed by atoms with E-state index in [-0.39, 0.29) is 12.0 Å². The summed E-state index contributed by atoms with van der Waals surface area (Å²) in [7, 11) is 0. The zero-order valence-corrected chi connectivity index (χ0v) is 9.93. The van der Waals surface area contributed by atoms with Gasteiger partial charge >= 0.3 is 0 Å². The van der Waals surface area contributed by atoms with Crippen molar-refractivity contribution in [2.24, 2.45) is 0 Å². The standard InChI is InChI=1S/C14H11FN2O2/c15-9-4-5-12-11(7-9)14(19,13(18)17-12)8-10-3-1-2-6-16-10/h1-7,19H,8H2,(H,17,18). The second kappa shape index (κ2) is 4.13. The van der Waals surface area contributed by atoms with E-state index in [2.05, 4.69) is 10.3 Å². The maximum atomic E-state index is 13.3. The zero-order chi connectivity index (χ0) is 13.5. The molecule has 0 saturated carbocycles. The van der Waals surface area contributed by atoms with Crippen LogP contribution >= 0.6 is 0 Å². The number of carbonyl (C=O) groups is 1. The summed E-state index contributed by atoms with van der Waals surface area (Å²) < 4.78 is 13.3. The number of hydrogen-bond acceptors (Lipinski definition) is 3. The highest BCUT2D eigenvalue weighted by Gasteiger charge is 2.45. The number of aliphatic hydroxyl groups is 1. The first kappa shape index (κ1) is 11.8. The molecule has 0 bridgehead atoms. The molecule has 0 saturated heterocycles. The number of hydrogen-bond donors (Lipinski definition) is 2. The van der Waals surface area contributed by atoms with Crippen LogP contribution in [0.25, 0.3) is 0 Å². The van der Waals surface area contributed by atoms with E-state index >= 15 is 0 Å². The van der Waals surface area contributed by atoms with Crippen molar-refractivity contribution in [3.63, 3.8) is 0 Å². The Bertz CT molecular complexity index is 645. The third kappa shape index (κ3) is 1.88. The van der Waals surface area contributed by atoms with Crippen LogP contribution in [-0.4, -0.2) is 16.0 Å². The van der Waals surface area contributed by atoms with Crippen LogP contribution in [0.2, 0.25) is 0 Å². The molecular formula is C14H11FN2O2. The second-order valence-electron chi connectivity index (χ2n) is 4.50. The molecule has 1 unspecified atom stereocenters. The van der Waals surface area contributed by atoms with E-state index < -0.39 is 17.3 Å². The van der Waals surface area contributed by atoms with Gasteiger partial charge in [0.15, 0.2) is 5.60 Å². The monoisotopic (exact) mass is 258 g/mol. The fourth-order valence-corrected chi connectivity index (χ4v) is 2.26. The maximum absolute atomic E-state index is 13.3. The predicted octanol–water partition coefficient (Wildman–Crippen LogP) is 1.60. The molecule has 5 heteroatoms. The Kier molecular flexibility index (Phi) is 2.57. The summed E-state index contributed by atoms with van der Waals surface area (Å²) in [6, 6.07) is 9.09. The van der Waals surface area contributed by atoms with E-state index in [4.69, 9.17) is 0 Å². The summed E-state index contributed by atoms with van der Waals surface area (Å²) in [4.78, 5) is 16.0. The molecule has 0 fully saturated rings. The van der Waals surface area contributed by atoms with Gasteiger partial charge in [0.1, 0.15) is 5.82 Å². The largest absolute Gasteiger partial charge is 0.375 e. The van der Waals surface area contributed by atoms with Gasteiger partial charge in [-0.25, -0.2) is 4.39 Å². The van der Waals surface area contributed by atoms with Crippen LogP contribution in [0.15, 0.2) is 42.6 Å². The Hall–Kier alpha value is -2.27. The Morgan fingerprint density at radius 1 is 1.32 bits per heavy atom. The van der Waals surface area contributed by atoms with E-state index in [9.17, 15) is 14.3 Å². The van der Waals surface area contributed by atoms with Gasteiger partial charge < -0.3 is 10.4 Å². The van der Waals surface area contributed by atoms with E-state index in [1.54, 1.807) is 24.4 Å². The lowest BCUT2D eigenvalue weighted by molar-refractivity contribution is -0.133. The molecule has 2 N–H and O–H groups in total. The van der Waals surface area contributed by atoms with Crippen LogP contribution in [-0.2, 0) is 16.8 Å². The molecule has 1 amide bonds. The van der Waals surface area contributed by atoms with Crippen LogP contribution in [0, 0.1) is 5.82 Å². The molecule has 1 aliphatic heterocycles. The molecule has 3 rings (SSSR count). The van der Waals surface area contributed by atoms with Crippen LogP contribution in [0.5, 0.6) is 0 Å². The zero-order valence-electron chi connectivity index (χ0n) is 9.93. The Balaban J connectivity index is 2.04. The van der Waals surface area contributed by atoms with E-state index in [1.165, 1.54) is 18.2 Å². The van der Waals surface area contributed by atoms with Gasteiger partial charge in [-0.1, -0.05) is 6.07 Å². The summed E-state index contributed by atoms with van der Waals surface area (Å²) in [5.74, 6) is -1.05. The fraction of sp³-hybridized carbons (Fsp3) is 0.143. The van der Waals surface area contributed by atoms with Crippen molar-refractivity contribution in [3.8, 4) is 0 Å². The third-order valence-electron chi connectivity index (χ3n) is 3.21. The highest BCUT2D eigenvalue weighted by atomic mass is 19.1. The van der Waals surface area contributed by atoms with E-state index in [1.807, 2.05) is 0 Å². The molecule has 1 atom stereocenters. The molecule has 1 aromatic carbocycles. The number of amides is 1. The number of aromatic nitrogens is 1. The molecule has 2 heterocycles. The highest BCUT2D eigenvalue weighted by Crippen LogP contribution is 2.38. The smallest absolute Gasteiger partial charge is 0.261 e. The van der Waals surface area contributed by atoms with Gasteiger partial charge in [0.2, 0.25) is 0 Å². The number of nitrogens with zero attached hydrogens (tertiary/aromatic N) is 1. The average molecular weight is 258 g/mol. The fourth-order valence-electron chi connectivity index (χ4n) is 2.26. The van der Waals surface area contributed by atoms with Crippen molar-refractivity contribution in [2.75, 3.05) is 5.32 Å². The molecular weight excluding hydrogens is 247 g/mol. The van der Waals surface area contributed by atoms with Gasteiger partial charge in [-0.05, 0) is 30.3 Å². The molecule has 19 heavy (non-hydrogen) atoms. The second-order valence-corrected chi connectivity index (χ2v) is 4.50. The number of pyridine rings is 1. The summed E-state index contributed by atoms with van der Waals surface area (Å²) in [6.45, 7) is 0. The van der Waals surface area contributed by atoms with Gasteiger partial charge in [0.05, 0.1) is 0 Å². The topological polar surface area (TPSA) is 62.2 Å². The lowest BCUT2D eigenvalue weighted by atomic mass is 9.90. The highest BCUT2D eigenvalue weighted by molar-refractivity contribution is 6.05. The van der Waals surface area contributed by atoms with Crippen molar-refractivity contribution in [1.29, 1.82) is 0 Å². The number of anilines is 1. The minimum atomic E-state index is -1.77. The normalized spacial score (nSPS) is 21.1. The van der Waals surface area contributed by atoms with Gasteiger partial charge in [0, 0.05) is 29.6 Å². The number of carbonyl (C=O) groups excluding carboxylic acids is 1. The first-order valence-corrected chi connectivity index (χ1v) is 5.83. The number of halogens is 1. The van der Waals surface area contributed by atoms with Gasteiger partial charge in [-0.15, -0.1) is 0 Å². The molecule has 1 aromatic heterocycles. The summed E-state index contributed by atoms with van der Waals surface area (Å²) in [5.41, 5.74) is -0.517. The van der Waals surface area contributed by atoms with Crippen LogP contribution in [0.1, 0.15) is 11.3 Å². The number of fused-ring (bicyclic) bond motifs is 1. The lowest BCUT2D eigenvalue weighted by Crippen LogP contribution is -2.36. The van der Waals surface area contributed by atoms with Crippen LogP contribution < -0.4 is 5.32 Å². The first-order chi connectivity index (χ1) is 9.09. The average Bonchev–Trinajstić information content (AvgIpc) is 2.64. The Morgan fingerprint density at radius 2 is 2.16 bits per heavy atom. The predicted molar refractivity (Wildman–Crippen MR) is 66.9 cm³/mol. The van der Waals surface area contributed by atoms with E-state index in [0.717, 1.165) is 0 Å². The molecule has 2 aromatic rings. The van der Waals surface area contributed by atoms with E-state index in [0.29, 0.717) is 11.4 Å². The number of nitrogens with one attached hydrogen (secondary N) is 1. The summed E-state index contributed by atoms with van der Waals surface area (Å²) in [5, 5.41) is 13.1. The van der Waals surface area contributed by atoms with Gasteiger partial charge in [-0.3, -0.25) is 9.78 Å². The molecule has 0 aliphatic carbocycles. The molecule has 0 spiro atoms. The van der Waals surface area contributed by atoms with Crippen molar-refractivity contribution in [3.05, 3.63) is 59.7 Å². The van der Waals surface area contributed by atoms with Crippen LogP contribution in [0.4, 0.5) is 10.1 Å². The molecule has 96 valence electrons. The molecule has 4 nitrogen and oxygen atoms in total. The number of benzene rings is 1. The third-order valence-corrected chi connectivity index (χ3v) is 3.21. The van der Waals surface area contributed by atoms with Crippen LogP contribution in [0.3, 0.4) is 0 Å². The Morgan fingerprint density at radius 3 is 2.89 bits per heavy atom. The molecule has 0 radical (unpaired) electrons. The maximum Gasteiger partial charge on any atom is 0.261 e. The summed E-state index contributed by atoms with van der Waals surface area (Å²) in [6.07, 6.45) is 1.59. The lowest BCUT2D eigenvalue weighted by Gasteiger charge is -2.20.